The molecular formula is C22H23ClN2O3. The Kier molecular flexibility index (Phi) is 6.17. The third-order valence-electron chi connectivity index (χ3n) is 4.72. The minimum absolute atomic E-state index is 0.0309. The van der Waals surface area contributed by atoms with Crippen LogP contribution in [0, 0.1) is 13.8 Å². The van der Waals surface area contributed by atoms with E-state index in [1.165, 1.54) is 0 Å². The van der Waals surface area contributed by atoms with Crippen LogP contribution in [-0.2, 0) is 6.54 Å². The Labute approximate surface area is 168 Å². The smallest absolute Gasteiger partial charge is 0.254 e. The van der Waals surface area contributed by atoms with Gasteiger partial charge in [0.05, 0.1) is 6.54 Å². The quantitative estimate of drug-likeness (QED) is 0.662. The van der Waals surface area contributed by atoms with Gasteiger partial charge in [-0.15, -0.1) is 0 Å². The van der Waals surface area contributed by atoms with Gasteiger partial charge in [-0.1, -0.05) is 17.7 Å². The van der Waals surface area contributed by atoms with Crippen molar-refractivity contribution < 1.29 is 9.90 Å². The van der Waals surface area contributed by atoms with Gasteiger partial charge >= 0.3 is 0 Å². The molecule has 0 aliphatic heterocycles. The Morgan fingerprint density at radius 1 is 1.14 bits per heavy atom. The van der Waals surface area contributed by atoms with Gasteiger partial charge in [-0.3, -0.25) is 9.59 Å². The molecule has 0 spiro atoms. The molecule has 1 aromatic heterocycles. The molecule has 2 N–H and O–H groups in total. The Morgan fingerprint density at radius 3 is 2.54 bits per heavy atom. The molecule has 0 unspecified atom stereocenters. The number of aryl methyl sites for hydroxylation is 2. The highest BCUT2D eigenvalue weighted by Gasteiger charge is 2.18. The van der Waals surface area contributed by atoms with E-state index in [4.69, 9.17) is 11.6 Å². The van der Waals surface area contributed by atoms with Crippen LogP contribution in [0.2, 0.25) is 5.02 Å². The van der Waals surface area contributed by atoms with Crippen molar-refractivity contribution in [1.82, 2.24) is 9.88 Å². The standard InChI is InChI=1S/C22H23ClN2O3/c1-14-10-15(2)19-12-17(21(27)24-20(19)11-14)13-25(8-3-9-26)22(28)16-4-6-18(23)7-5-16/h4-7,10-12,26H,3,8-9,13H2,1-2H3,(H,24,27). The van der Waals surface area contributed by atoms with Crippen LogP contribution in [0.3, 0.4) is 0 Å². The maximum Gasteiger partial charge on any atom is 0.254 e. The van der Waals surface area contributed by atoms with Crippen LogP contribution in [0.25, 0.3) is 10.9 Å². The van der Waals surface area contributed by atoms with Crippen molar-refractivity contribution in [3.63, 3.8) is 0 Å². The average molecular weight is 399 g/mol. The predicted octanol–water partition coefficient (Wildman–Crippen LogP) is 3.82. The zero-order valence-electron chi connectivity index (χ0n) is 16.0. The number of nitrogens with one attached hydrogen (secondary N) is 1. The zero-order valence-corrected chi connectivity index (χ0v) is 16.7. The number of fused-ring (bicyclic) bond motifs is 1. The zero-order chi connectivity index (χ0) is 20.3. The highest BCUT2D eigenvalue weighted by molar-refractivity contribution is 6.30. The summed E-state index contributed by atoms with van der Waals surface area (Å²) >= 11 is 5.91. The van der Waals surface area contributed by atoms with Crippen molar-refractivity contribution in [3.8, 4) is 0 Å². The fourth-order valence-electron chi connectivity index (χ4n) is 3.33. The van der Waals surface area contributed by atoms with Crippen molar-refractivity contribution in [2.75, 3.05) is 13.2 Å². The number of carbonyl (C=O) groups is 1. The molecule has 6 heteroatoms. The van der Waals surface area contributed by atoms with Gasteiger partial charge in [-0.2, -0.15) is 0 Å². The molecule has 146 valence electrons. The van der Waals surface area contributed by atoms with Crippen LogP contribution in [0.15, 0.2) is 47.3 Å². The van der Waals surface area contributed by atoms with Gasteiger partial charge in [0, 0.05) is 40.2 Å². The number of aliphatic hydroxyl groups is 1. The first-order valence-electron chi connectivity index (χ1n) is 9.18. The highest BCUT2D eigenvalue weighted by Crippen LogP contribution is 2.20. The van der Waals surface area contributed by atoms with E-state index < -0.39 is 0 Å². The Balaban J connectivity index is 1.96. The molecule has 2 aromatic carbocycles. The third-order valence-corrected chi connectivity index (χ3v) is 4.97. The number of rotatable bonds is 6. The first-order chi connectivity index (χ1) is 13.4. The number of amides is 1. The average Bonchev–Trinajstić information content (AvgIpc) is 2.65. The van der Waals surface area contributed by atoms with E-state index in [1.54, 1.807) is 29.2 Å². The van der Waals surface area contributed by atoms with Crippen LogP contribution < -0.4 is 5.56 Å². The second kappa shape index (κ2) is 8.59. The summed E-state index contributed by atoms with van der Waals surface area (Å²) in [6, 6.07) is 12.5. The van der Waals surface area contributed by atoms with Crippen molar-refractivity contribution in [3.05, 3.63) is 80.1 Å². The van der Waals surface area contributed by atoms with Gasteiger partial charge < -0.3 is 15.0 Å². The number of benzene rings is 2. The molecule has 3 aromatic rings. The lowest BCUT2D eigenvalue weighted by Crippen LogP contribution is -2.34. The van der Waals surface area contributed by atoms with Gasteiger partial charge in [0.15, 0.2) is 0 Å². The van der Waals surface area contributed by atoms with Gasteiger partial charge in [-0.05, 0) is 67.8 Å². The van der Waals surface area contributed by atoms with Crippen molar-refractivity contribution in [1.29, 1.82) is 0 Å². The molecule has 0 bridgehead atoms. The highest BCUT2D eigenvalue weighted by atomic mass is 35.5. The lowest BCUT2D eigenvalue weighted by atomic mass is 10.0. The molecule has 1 amide bonds. The molecule has 28 heavy (non-hydrogen) atoms. The topological polar surface area (TPSA) is 73.4 Å². The van der Waals surface area contributed by atoms with Crippen LogP contribution >= 0.6 is 11.6 Å². The molecule has 0 fully saturated rings. The molecule has 5 nitrogen and oxygen atoms in total. The number of nitrogens with zero attached hydrogens (tertiary/aromatic N) is 1. The molecular weight excluding hydrogens is 376 g/mol. The van der Waals surface area contributed by atoms with E-state index in [-0.39, 0.29) is 24.6 Å². The fourth-order valence-corrected chi connectivity index (χ4v) is 3.45. The number of aliphatic hydroxyl groups excluding tert-OH is 1. The normalized spacial score (nSPS) is 11.0. The van der Waals surface area contributed by atoms with Crippen molar-refractivity contribution in [2.45, 2.75) is 26.8 Å². The summed E-state index contributed by atoms with van der Waals surface area (Å²) in [5.41, 5.74) is 3.73. The van der Waals surface area contributed by atoms with Gasteiger partial charge in [0.2, 0.25) is 0 Å². The summed E-state index contributed by atoms with van der Waals surface area (Å²) in [4.78, 5) is 30.1. The summed E-state index contributed by atoms with van der Waals surface area (Å²) in [6.45, 7) is 4.47. The number of aromatic amines is 1. The SMILES string of the molecule is Cc1cc(C)c2cc(CN(CCCO)C(=O)c3ccc(Cl)cc3)c(=O)[nH]c2c1. The molecule has 0 saturated heterocycles. The van der Waals surface area contributed by atoms with E-state index in [0.29, 0.717) is 29.1 Å². The van der Waals surface area contributed by atoms with Crippen molar-refractivity contribution >= 4 is 28.4 Å². The predicted molar refractivity (Wildman–Crippen MR) is 112 cm³/mol. The molecule has 0 aliphatic carbocycles. The Hall–Kier alpha value is -2.63. The third kappa shape index (κ3) is 4.43. The second-order valence-electron chi connectivity index (χ2n) is 6.98. The van der Waals surface area contributed by atoms with E-state index in [2.05, 4.69) is 11.1 Å². The van der Waals surface area contributed by atoms with Gasteiger partial charge in [0.25, 0.3) is 11.5 Å². The summed E-state index contributed by atoms with van der Waals surface area (Å²) in [5, 5.41) is 10.7. The number of pyridine rings is 1. The molecule has 1 heterocycles. The minimum atomic E-state index is -0.213. The Morgan fingerprint density at radius 2 is 1.86 bits per heavy atom. The summed E-state index contributed by atoms with van der Waals surface area (Å²) in [6.07, 6.45) is 0.434. The van der Waals surface area contributed by atoms with E-state index in [0.717, 1.165) is 22.0 Å². The summed E-state index contributed by atoms with van der Waals surface area (Å²) in [5.74, 6) is -0.203. The lowest BCUT2D eigenvalue weighted by molar-refractivity contribution is 0.0731. The summed E-state index contributed by atoms with van der Waals surface area (Å²) < 4.78 is 0. The van der Waals surface area contributed by atoms with E-state index >= 15 is 0 Å². The molecule has 0 atom stereocenters. The number of aromatic nitrogens is 1. The van der Waals surface area contributed by atoms with Crippen LogP contribution in [0.5, 0.6) is 0 Å². The maximum absolute atomic E-state index is 12.9. The molecule has 0 radical (unpaired) electrons. The molecule has 0 aliphatic rings. The number of halogens is 1. The first kappa shape index (κ1) is 20.1. The fraction of sp³-hybridized carbons (Fsp3) is 0.273. The molecule has 0 saturated carbocycles. The largest absolute Gasteiger partial charge is 0.396 e. The van der Waals surface area contributed by atoms with Crippen LogP contribution in [-0.4, -0.2) is 34.0 Å². The van der Waals surface area contributed by atoms with E-state index in [1.807, 2.05) is 26.0 Å². The number of H-pyrrole nitrogens is 1. The lowest BCUT2D eigenvalue weighted by Gasteiger charge is -2.22. The number of carbonyl (C=O) groups excluding carboxylic acids is 1. The van der Waals surface area contributed by atoms with Gasteiger partial charge in [-0.25, -0.2) is 0 Å². The summed E-state index contributed by atoms with van der Waals surface area (Å²) in [7, 11) is 0. The van der Waals surface area contributed by atoms with Gasteiger partial charge in [0.1, 0.15) is 0 Å². The van der Waals surface area contributed by atoms with Crippen LogP contribution in [0.4, 0.5) is 0 Å². The maximum atomic E-state index is 12.9. The molecule has 3 rings (SSSR count). The Bertz CT molecular complexity index is 1060. The first-order valence-corrected chi connectivity index (χ1v) is 9.55. The monoisotopic (exact) mass is 398 g/mol. The second-order valence-corrected chi connectivity index (χ2v) is 7.41. The van der Waals surface area contributed by atoms with Crippen LogP contribution in [0.1, 0.15) is 33.5 Å². The van der Waals surface area contributed by atoms with E-state index in [9.17, 15) is 14.7 Å². The number of hydrogen-bond donors (Lipinski definition) is 2. The number of hydrogen-bond acceptors (Lipinski definition) is 3. The van der Waals surface area contributed by atoms with Crippen molar-refractivity contribution in [2.24, 2.45) is 0 Å². The minimum Gasteiger partial charge on any atom is -0.396 e.